The molecule has 4 rings (SSSR count). The van der Waals surface area contributed by atoms with E-state index in [1.165, 1.54) is 12.1 Å². The van der Waals surface area contributed by atoms with Gasteiger partial charge in [0, 0.05) is 17.8 Å². The van der Waals surface area contributed by atoms with Gasteiger partial charge in [0.1, 0.15) is 11.6 Å². The first-order chi connectivity index (χ1) is 14.5. The highest BCUT2D eigenvalue weighted by molar-refractivity contribution is 5.86. The highest BCUT2D eigenvalue weighted by Crippen LogP contribution is 2.37. The zero-order valence-corrected chi connectivity index (χ0v) is 16.8. The zero-order valence-electron chi connectivity index (χ0n) is 16.8. The van der Waals surface area contributed by atoms with Gasteiger partial charge in [0.05, 0.1) is 18.7 Å². The number of urea groups is 1. The number of nitrogens with one attached hydrogen (secondary N) is 1. The van der Waals surface area contributed by atoms with E-state index in [1.807, 2.05) is 38.1 Å². The summed E-state index contributed by atoms with van der Waals surface area (Å²) in [6.07, 6.45) is 0. The van der Waals surface area contributed by atoms with Crippen LogP contribution in [0.4, 0.5) is 9.18 Å². The lowest BCUT2D eigenvalue weighted by Crippen LogP contribution is -2.45. The molecule has 2 heterocycles. The predicted octanol–water partition coefficient (Wildman–Crippen LogP) is 4.40. The van der Waals surface area contributed by atoms with Gasteiger partial charge in [0.15, 0.2) is 0 Å². The minimum atomic E-state index is -0.542. The maximum atomic E-state index is 13.4. The molecule has 3 aromatic rings. The molecule has 1 aromatic heterocycles. The standard InChI is InChI=1S/C22H21FN4O3/c1-4-27-13(2)18(19(24-22(27)28)14-8-10-16(23)11-9-14)21-25-20(26-30-21)15-6-5-7-17(12-15)29-3/h5-12,19H,4H2,1-3H3,(H,24,28). The first-order valence-electron chi connectivity index (χ1n) is 9.54. The van der Waals surface area contributed by atoms with E-state index in [1.54, 1.807) is 24.1 Å². The fourth-order valence-electron chi connectivity index (χ4n) is 3.56. The van der Waals surface area contributed by atoms with E-state index in [2.05, 4.69) is 15.5 Å². The summed E-state index contributed by atoms with van der Waals surface area (Å²) in [5.41, 5.74) is 2.84. The van der Waals surface area contributed by atoms with Crippen molar-refractivity contribution in [1.29, 1.82) is 0 Å². The SMILES string of the molecule is CCN1C(=O)NC(c2ccc(F)cc2)C(c2nc(-c3cccc(OC)c3)no2)=C1C. The minimum absolute atomic E-state index is 0.236. The number of methoxy groups -OCH3 is 1. The van der Waals surface area contributed by atoms with Gasteiger partial charge in [-0.25, -0.2) is 9.18 Å². The van der Waals surface area contributed by atoms with E-state index in [0.717, 1.165) is 11.1 Å². The molecule has 2 aromatic carbocycles. The second kappa shape index (κ2) is 7.98. The van der Waals surface area contributed by atoms with Gasteiger partial charge >= 0.3 is 6.03 Å². The summed E-state index contributed by atoms with van der Waals surface area (Å²) in [6.45, 7) is 4.20. The van der Waals surface area contributed by atoms with Crippen molar-refractivity contribution >= 4 is 11.6 Å². The molecule has 1 unspecified atom stereocenters. The van der Waals surface area contributed by atoms with Crippen LogP contribution in [0.5, 0.6) is 5.75 Å². The molecule has 0 saturated heterocycles. The maximum Gasteiger partial charge on any atom is 0.322 e. The number of hydrogen-bond donors (Lipinski definition) is 1. The summed E-state index contributed by atoms with van der Waals surface area (Å²) in [5.74, 6) is 1.03. The molecule has 2 amide bonds. The third-order valence-corrected chi connectivity index (χ3v) is 5.10. The normalized spacial score (nSPS) is 16.6. The number of ether oxygens (including phenoxy) is 1. The fraction of sp³-hybridized carbons (Fsp3) is 0.227. The third-order valence-electron chi connectivity index (χ3n) is 5.10. The van der Waals surface area contributed by atoms with Crippen LogP contribution < -0.4 is 10.1 Å². The summed E-state index contributed by atoms with van der Waals surface area (Å²) in [4.78, 5) is 18.8. The molecule has 0 spiro atoms. The summed E-state index contributed by atoms with van der Waals surface area (Å²) in [6, 6.07) is 12.5. The molecule has 1 N–H and O–H groups in total. The second-order valence-corrected chi connectivity index (χ2v) is 6.83. The van der Waals surface area contributed by atoms with E-state index in [0.29, 0.717) is 29.4 Å². The number of rotatable bonds is 5. The average Bonchev–Trinajstić information content (AvgIpc) is 3.24. The van der Waals surface area contributed by atoms with Gasteiger partial charge in [0.2, 0.25) is 5.82 Å². The van der Waals surface area contributed by atoms with Gasteiger partial charge in [-0.1, -0.05) is 29.4 Å². The first kappa shape index (κ1) is 19.6. The van der Waals surface area contributed by atoms with Crippen LogP contribution in [0.2, 0.25) is 0 Å². The van der Waals surface area contributed by atoms with Crippen molar-refractivity contribution < 1.29 is 18.4 Å². The Morgan fingerprint density at radius 1 is 1.23 bits per heavy atom. The highest BCUT2D eigenvalue weighted by Gasteiger charge is 2.35. The molecule has 30 heavy (non-hydrogen) atoms. The number of hydrogen-bond acceptors (Lipinski definition) is 5. The van der Waals surface area contributed by atoms with Crippen molar-refractivity contribution in [3.63, 3.8) is 0 Å². The van der Waals surface area contributed by atoms with Crippen molar-refractivity contribution in [1.82, 2.24) is 20.4 Å². The Morgan fingerprint density at radius 2 is 2.00 bits per heavy atom. The molecule has 0 aliphatic carbocycles. The molecule has 1 aliphatic rings. The van der Waals surface area contributed by atoms with Crippen LogP contribution in [0.25, 0.3) is 17.0 Å². The Kier molecular flexibility index (Phi) is 5.22. The Hall–Kier alpha value is -3.68. The van der Waals surface area contributed by atoms with Crippen LogP contribution in [-0.4, -0.2) is 34.7 Å². The Labute approximate surface area is 173 Å². The second-order valence-electron chi connectivity index (χ2n) is 6.83. The van der Waals surface area contributed by atoms with Crippen molar-refractivity contribution in [3.8, 4) is 17.1 Å². The summed E-state index contributed by atoms with van der Waals surface area (Å²) >= 11 is 0. The fourth-order valence-corrected chi connectivity index (χ4v) is 3.56. The monoisotopic (exact) mass is 408 g/mol. The summed E-state index contributed by atoms with van der Waals surface area (Å²) in [5, 5.41) is 7.07. The lowest BCUT2D eigenvalue weighted by atomic mass is 9.94. The third kappa shape index (κ3) is 3.52. The summed E-state index contributed by atoms with van der Waals surface area (Å²) < 4.78 is 24.3. The Bertz CT molecular complexity index is 1110. The smallest absolute Gasteiger partial charge is 0.322 e. The van der Waals surface area contributed by atoms with Gasteiger partial charge in [-0.2, -0.15) is 4.98 Å². The number of halogens is 1. The lowest BCUT2D eigenvalue weighted by Gasteiger charge is -2.34. The number of allylic oxidation sites excluding steroid dienone is 1. The Balaban J connectivity index is 1.80. The van der Waals surface area contributed by atoms with Crippen LogP contribution in [0.1, 0.15) is 31.3 Å². The topological polar surface area (TPSA) is 80.5 Å². The largest absolute Gasteiger partial charge is 0.497 e. The van der Waals surface area contributed by atoms with Crippen LogP contribution in [0.15, 0.2) is 58.8 Å². The molecule has 1 aliphatic heterocycles. The van der Waals surface area contributed by atoms with E-state index in [9.17, 15) is 9.18 Å². The van der Waals surface area contributed by atoms with Crippen LogP contribution in [0.3, 0.4) is 0 Å². The molecule has 8 heteroatoms. The van der Waals surface area contributed by atoms with Crippen LogP contribution in [0, 0.1) is 5.82 Å². The molecule has 1 atom stereocenters. The molecule has 7 nitrogen and oxygen atoms in total. The van der Waals surface area contributed by atoms with Gasteiger partial charge in [0.25, 0.3) is 5.89 Å². The van der Waals surface area contributed by atoms with Crippen molar-refractivity contribution in [3.05, 3.63) is 71.5 Å². The number of carbonyl (C=O) groups excluding carboxylic acids is 1. The molecule has 0 radical (unpaired) electrons. The molecule has 0 fully saturated rings. The lowest BCUT2D eigenvalue weighted by molar-refractivity contribution is 0.207. The van der Waals surface area contributed by atoms with Gasteiger partial charge in [-0.05, 0) is 43.7 Å². The minimum Gasteiger partial charge on any atom is -0.497 e. The number of amides is 2. The highest BCUT2D eigenvalue weighted by atomic mass is 19.1. The number of aromatic nitrogens is 2. The molecule has 0 bridgehead atoms. The molecule has 154 valence electrons. The van der Waals surface area contributed by atoms with Gasteiger partial charge < -0.3 is 14.6 Å². The van der Waals surface area contributed by atoms with Gasteiger partial charge in [-0.15, -0.1) is 0 Å². The van der Waals surface area contributed by atoms with Crippen molar-refractivity contribution in [2.45, 2.75) is 19.9 Å². The first-order valence-corrected chi connectivity index (χ1v) is 9.54. The number of nitrogens with zero attached hydrogens (tertiary/aromatic N) is 3. The quantitative estimate of drug-likeness (QED) is 0.677. The number of carbonyl (C=O) groups is 1. The van der Waals surface area contributed by atoms with Crippen molar-refractivity contribution in [2.24, 2.45) is 0 Å². The zero-order chi connectivity index (χ0) is 21.3. The average molecular weight is 408 g/mol. The van der Waals surface area contributed by atoms with Crippen molar-refractivity contribution in [2.75, 3.05) is 13.7 Å². The van der Waals surface area contributed by atoms with E-state index < -0.39 is 6.04 Å². The Morgan fingerprint density at radius 3 is 2.70 bits per heavy atom. The molecular formula is C22H21FN4O3. The van der Waals surface area contributed by atoms with Crippen LogP contribution in [-0.2, 0) is 0 Å². The predicted molar refractivity (Wildman–Crippen MR) is 109 cm³/mol. The molecule has 0 saturated carbocycles. The van der Waals surface area contributed by atoms with E-state index >= 15 is 0 Å². The maximum absolute atomic E-state index is 13.4. The van der Waals surface area contributed by atoms with Crippen LogP contribution >= 0.6 is 0 Å². The molecular weight excluding hydrogens is 387 g/mol. The van der Waals surface area contributed by atoms with E-state index in [-0.39, 0.29) is 17.7 Å². The number of benzene rings is 2. The van der Waals surface area contributed by atoms with E-state index in [4.69, 9.17) is 9.26 Å². The summed E-state index contributed by atoms with van der Waals surface area (Å²) in [7, 11) is 1.59. The van der Waals surface area contributed by atoms with Gasteiger partial charge in [-0.3, -0.25) is 4.90 Å².